The van der Waals surface area contributed by atoms with Gasteiger partial charge < -0.3 is 11.1 Å². The quantitative estimate of drug-likeness (QED) is 0.657. The van der Waals surface area contributed by atoms with Crippen molar-refractivity contribution in [3.05, 3.63) is 29.3 Å². The first-order valence-electron chi connectivity index (χ1n) is 12.4. The number of unbranched alkanes of at least 4 members (excludes halogenated alkanes) is 1. The maximum Gasteiger partial charge on any atom is 0.228 e. The van der Waals surface area contributed by atoms with Crippen molar-refractivity contribution in [1.29, 1.82) is 0 Å². The lowest BCUT2D eigenvalue weighted by molar-refractivity contribution is -0.121. The van der Waals surface area contributed by atoms with Gasteiger partial charge in [-0.3, -0.25) is 9.69 Å². The molecule has 1 aromatic rings. The summed E-state index contributed by atoms with van der Waals surface area (Å²) in [7, 11) is 0. The maximum atomic E-state index is 12.9. The molecule has 0 spiro atoms. The lowest BCUT2D eigenvalue weighted by Gasteiger charge is -2.45. The molecule has 0 bridgehead atoms. The number of carbonyl (C=O) groups excluding carboxylic acids is 1. The molecule has 3 N–H and O–H groups in total. The van der Waals surface area contributed by atoms with Gasteiger partial charge in [-0.25, -0.2) is 0 Å². The number of piperidine rings is 1. The van der Waals surface area contributed by atoms with Crippen LogP contribution in [0, 0.1) is 11.8 Å². The molecule has 1 aliphatic carbocycles. The lowest BCUT2D eigenvalue weighted by Crippen LogP contribution is -2.46. The van der Waals surface area contributed by atoms with Gasteiger partial charge in [-0.1, -0.05) is 38.3 Å². The predicted molar refractivity (Wildman–Crippen MR) is 124 cm³/mol. The zero-order chi connectivity index (χ0) is 21.3. The second kappa shape index (κ2) is 9.40. The Kier molecular flexibility index (Phi) is 6.84. The van der Waals surface area contributed by atoms with Gasteiger partial charge in [0, 0.05) is 35.8 Å². The van der Waals surface area contributed by atoms with Crippen LogP contribution in [0.1, 0.15) is 95.7 Å². The number of nitrogens with two attached hydrogens (primary N) is 1. The van der Waals surface area contributed by atoms with Crippen LogP contribution in [0.25, 0.3) is 0 Å². The third kappa shape index (κ3) is 4.31. The highest BCUT2D eigenvalue weighted by atomic mass is 16.2. The van der Waals surface area contributed by atoms with Crippen molar-refractivity contribution in [3.63, 3.8) is 0 Å². The summed E-state index contributed by atoms with van der Waals surface area (Å²) in [6, 6.07) is 8.56. The van der Waals surface area contributed by atoms with Gasteiger partial charge in [0.1, 0.15) is 0 Å². The SMILES string of the molecule is CCCCC(c1cccc2c1CC(C1CCC(N)C1)C(=O)N2)N1C(C)CCCC1C. The largest absolute Gasteiger partial charge is 0.328 e. The Labute approximate surface area is 183 Å². The molecule has 166 valence electrons. The average molecular weight is 412 g/mol. The number of likely N-dealkylation sites (tertiary alicyclic amines) is 1. The summed E-state index contributed by atoms with van der Waals surface area (Å²) in [6.07, 6.45) is 11.6. The van der Waals surface area contributed by atoms with Crippen LogP contribution in [-0.4, -0.2) is 28.9 Å². The van der Waals surface area contributed by atoms with E-state index >= 15 is 0 Å². The van der Waals surface area contributed by atoms with Crippen LogP contribution in [0.4, 0.5) is 5.69 Å². The number of hydrogen-bond donors (Lipinski definition) is 2. The summed E-state index contributed by atoms with van der Waals surface area (Å²) in [5, 5.41) is 3.28. The maximum absolute atomic E-state index is 12.9. The van der Waals surface area contributed by atoms with Gasteiger partial charge in [0.15, 0.2) is 0 Å². The van der Waals surface area contributed by atoms with Gasteiger partial charge in [-0.05, 0) is 81.9 Å². The third-order valence-corrected chi connectivity index (χ3v) is 8.13. The molecule has 2 fully saturated rings. The first-order chi connectivity index (χ1) is 14.5. The van der Waals surface area contributed by atoms with Crippen LogP contribution < -0.4 is 11.1 Å². The van der Waals surface area contributed by atoms with Crippen LogP contribution in [0.5, 0.6) is 0 Å². The van der Waals surface area contributed by atoms with Gasteiger partial charge in [0.25, 0.3) is 0 Å². The van der Waals surface area contributed by atoms with E-state index in [1.165, 1.54) is 49.7 Å². The molecule has 1 saturated carbocycles. The lowest BCUT2D eigenvalue weighted by atomic mass is 9.78. The highest BCUT2D eigenvalue weighted by molar-refractivity contribution is 5.96. The fraction of sp³-hybridized carbons (Fsp3) is 0.731. The molecule has 1 saturated heterocycles. The number of nitrogens with zero attached hydrogens (tertiary/aromatic N) is 1. The Morgan fingerprint density at radius 2 is 1.93 bits per heavy atom. The van der Waals surface area contributed by atoms with Crippen LogP contribution in [-0.2, 0) is 11.2 Å². The molecule has 30 heavy (non-hydrogen) atoms. The monoisotopic (exact) mass is 411 g/mol. The number of nitrogens with one attached hydrogen (secondary N) is 1. The molecular formula is C26H41N3O. The van der Waals surface area contributed by atoms with Gasteiger partial charge in [0.05, 0.1) is 0 Å². The molecule has 6 atom stereocenters. The molecule has 1 aromatic carbocycles. The highest BCUT2D eigenvalue weighted by Gasteiger charge is 2.39. The number of carbonyl (C=O) groups is 1. The van der Waals surface area contributed by atoms with E-state index in [2.05, 4.69) is 49.2 Å². The molecule has 3 aliphatic rings. The minimum atomic E-state index is 0.0789. The molecule has 4 rings (SSSR count). The van der Waals surface area contributed by atoms with Crippen molar-refractivity contribution in [2.24, 2.45) is 17.6 Å². The third-order valence-electron chi connectivity index (χ3n) is 8.13. The number of fused-ring (bicyclic) bond motifs is 1. The predicted octanol–water partition coefficient (Wildman–Crippen LogP) is 5.42. The van der Waals surface area contributed by atoms with Gasteiger partial charge in [-0.2, -0.15) is 0 Å². The van der Waals surface area contributed by atoms with Gasteiger partial charge in [0.2, 0.25) is 5.91 Å². The number of hydrogen-bond acceptors (Lipinski definition) is 3. The van der Waals surface area contributed by atoms with E-state index in [4.69, 9.17) is 5.73 Å². The van der Waals surface area contributed by atoms with E-state index in [1.54, 1.807) is 0 Å². The summed E-state index contributed by atoms with van der Waals surface area (Å²) in [5.74, 6) is 0.724. The van der Waals surface area contributed by atoms with Crippen molar-refractivity contribution in [1.82, 2.24) is 4.90 Å². The van der Waals surface area contributed by atoms with E-state index in [0.29, 0.717) is 24.0 Å². The molecule has 6 unspecified atom stereocenters. The van der Waals surface area contributed by atoms with Gasteiger partial charge in [-0.15, -0.1) is 0 Å². The zero-order valence-corrected chi connectivity index (χ0v) is 19.2. The van der Waals surface area contributed by atoms with Crippen molar-refractivity contribution >= 4 is 11.6 Å². The van der Waals surface area contributed by atoms with Crippen LogP contribution in [0.2, 0.25) is 0 Å². The Hall–Kier alpha value is -1.39. The molecular weight excluding hydrogens is 370 g/mol. The molecule has 4 heteroatoms. The van der Waals surface area contributed by atoms with Crippen molar-refractivity contribution in [2.75, 3.05) is 5.32 Å². The van der Waals surface area contributed by atoms with Gasteiger partial charge >= 0.3 is 0 Å². The van der Waals surface area contributed by atoms with Crippen molar-refractivity contribution < 1.29 is 4.79 Å². The minimum Gasteiger partial charge on any atom is -0.328 e. The molecule has 0 radical (unpaired) electrons. The molecule has 0 aromatic heterocycles. The minimum absolute atomic E-state index is 0.0789. The standard InChI is InChI=1S/C26H41N3O/c1-4-5-12-25(29-17(2)8-6-9-18(29)3)21-10-7-11-24-23(21)16-22(26(30)28-24)19-13-14-20(27)15-19/h7,10-11,17-20,22,25H,4-6,8-9,12-16,27H2,1-3H3,(H,28,30). The van der Waals surface area contributed by atoms with E-state index in [0.717, 1.165) is 31.4 Å². The highest BCUT2D eigenvalue weighted by Crippen LogP contribution is 2.43. The van der Waals surface area contributed by atoms with Crippen LogP contribution in [0.15, 0.2) is 18.2 Å². The topological polar surface area (TPSA) is 58.4 Å². The summed E-state index contributed by atoms with van der Waals surface area (Å²) in [5.41, 5.74) is 10.1. The Morgan fingerprint density at radius 3 is 2.60 bits per heavy atom. The molecule has 2 heterocycles. The number of benzene rings is 1. The second-order valence-corrected chi connectivity index (χ2v) is 10.2. The van der Waals surface area contributed by atoms with E-state index in [9.17, 15) is 4.79 Å². The zero-order valence-electron chi connectivity index (χ0n) is 19.2. The van der Waals surface area contributed by atoms with Crippen molar-refractivity contribution in [2.45, 2.75) is 109 Å². The number of amides is 1. The molecule has 4 nitrogen and oxygen atoms in total. The van der Waals surface area contributed by atoms with E-state index in [1.807, 2.05) is 0 Å². The summed E-state index contributed by atoms with van der Waals surface area (Å²) >= 11 is 0. The Bertz CT molecular complexity index is 738. The van der Waals surface area contributed by atoms with Crippen molar-refractivity contribution in [3.8, 4) is 0 Å². The van der Waals surface area contributed by atoms with E-state index in [-0.39, 0.29) is 17.9 Å². The fourth-order valence-electron chi connectivity index (χ4n) is 6.52. The van der Waals surface area contributed by atoms with Crippen LogP contribution >= 0.6 is 0 Å². The second-order valence-electron chi connectivity index (χ2n) is 10.2. The van der Waals surface area contributed by atoms with Crippen LogP contribution in [0.3, 0.4) is 0 Å². The normalized spacial score (nSPS) is 33.2. The number of rotatable bonds is 6. The van der Waals surface area contributed by atoms with E-state index < -0.39 is 0 Å². The Balaban J connectivity index is 1.67. The summed E-state index contributed by atoms with van der Waals surface area (Å²) < 4.78 is 0. The average Bonchev–Trinajstić information content (AvgIpc) is 3.15. The summed E-state index contributed by atoms with van der Waals surface area (Å²) in [6.45, 7) is 7.11. The molecule has 2 aliphatic heterocycles. The fourth-order valence-corrected chi connectivity index (χ4v) is 6.52. The first kappa shape index (κ1) is 21.8. The number of anilines is 1. The Morgan fingerprint density at radius 1 is 1.17 bits per heavy atom. The molecule has 1 amide bonds. The first-order valence-corrected chi connectivity index (χ1v) is 12.4. The smallest absolute Gasteiger partial charge is 0.228 e. The summed E-state index contributed by atoms with van der Waals surface area (Å²) in [4.78, 5) is 15.7.